The molecule has 1 fully saturated rings. The molecule has 1 aromatic rings. The van der Waals surface area contributed by atoms with Crippen LogP contribution in [0.2, 0.25) is 0 Å². The van der Waals surface area contributed by atoms with Crippen molar-refractivity contribution >= 4 is 11.9 Å². The molecule has 1 aliphatic rings. The van der Waals surface area contributed by atoms with E-state index in [2.05, 4.69) is 52.1 Å². The van der Waals surface area contributed by atoms with Gasteiger partial charge in [0.15, 0.2) is 5.96 Å². The molecule has 25 heavy (non-hydrogen) atoms. The highest BCUT2D eigenvalue weighted by atomic mass is 16.1. The molecule has 1 saturated carbocycles. The van der Waals surface area contributed by atoms with Gasteiger partial charge in [-0.3, -0.25) is 4.79 Å². The van der Waals surface area contributed by atoms with Crippen molar-refractivity contribution in [1.82, 2.24) is 16.0 Å². The number of guanidine groups is 1. The fraction of sp³-hybridized carbons (Fsp3) is 0.600. The molecule has 0 heterocycles. The molecule has 5 heteroatoms. The molecule has 1 aliphatic carbocycles. The number of carbonyl (C=O) groups is 1. The van der Waals surface area contributed by atoms with Crippen LogP contribution in [0.5, 0.6) is 0 Å². The standard InChI is InChI=1S/C20H32N4O/c1-3-21-20(24-15-17-11-9-16(2)10-12-17)23-14-13-22-19(25)18-7-5-4-6-8-18/h9-12,18H,3-8,13-15H2,1-2H3,(H,22,25)(H2,21,23,24). The molecule has 138 valence electrons. The van der Waals surface area contributed by atoms with Gasteiger partial charge in [0.2, 0.25) is 5.91 Å². The van der Waals surface area contributed by atoms with E-state index < -0.39 is 0 Å². The van der Waals surface area contributed by atoms with E-state index in [1.54, 1.807) is 0 Å². The number of nitrogens with zero attached hydrogens (tertiary/aromatic N) is 1. The minimum absolute atomic E-state index is 0.211. The normalized spacial score (nSPS) is 15.7. The average Bonchev–Trinajstić information content (AvgIpc) is 2.65. The van der Waals surface area contributed by atoms with Gasteiger partial charge in [-0.1, -0.05) is 49.1 Å². The molecule has 0 aliphatic heterocycles. The van der Waals surface area contributed by atoms with Crippen molar-refractivity contribution < 1.29 is 4.79 Å². The summed E-state index contributed by atoms with van der Waals surface area (Å²) in [6.07, 6.45) is 5.73. The van der Waals surface area contributed by atoms with E-state index in [4.69, 9.17) is 0 Å². The number of benzene rings is 1. The van der Waals surface area contributed by atoms with Crippen LogP contribution < -0.4 is 16.0 Å². The first-order valence-electron chi connectivity index (χ1n) is 9.54. The number of aliphatic imine (C=N–C) groups is 1. The van der Waals surface area contributed by atoms with Gasteiger partial charge in [-0.2, -0.15) is 0 Å². The van der Waals surface area contributed by atoms with Crippen LogP contribution in [0, 0.1) is 12.8 Å². The summed E-state index contributed by atoms with van der Waals surface area (Å²) in [6, 6.07) is 8.41. The monoisotopic (exact) mass is 344 g/mol. The SMILES string of the molecule is CCNC(=NCc1ccc(C)cc1)NCCNC(=O)C1CCCCC1. The number of aryl methyl sites for hydroxylation is 1. The Morgan fingerprint density at radius 1 is 1.04 bits per heavy atom. The predicted molar refractivity (Wildman–Crippen MR) is 104 cm³/mol. The smallest absolute Gasteiger partial charge is 0.223 e. The summed E-state index contributed by atoms with van der Waals surface area (Å²) in [5.74, 6) is 1.22. The minimum Gasteiger partial charge on any atom is -0.357 e. The van der Waals surface area contributed by atoms with E-state index in [-0.39, 0.29) is 11.8 Å². The number of amides is 1. The lowest BCUT2D eigenvalue weighted by Crippen LogP contribution is -2.42. The topological polar surface area (TPSA) is 65.5 Å². The van der Waals surface area contributed by atoms with Crippen LogP contribution >= 0.6 is 0 Å². The first kappa shape index (κ1) is 19.3. The zero-order valence-electron chi connectivity index (χ0n) is 15.6. The average molecular weight is 345 g/mol. The number of carbonyl (C=O) groups excluding carboxylic acids is 1. The van der Waals surface area contributed by atoms with Gasteiger partial charge < -0.3 is 16.0 Å². The van der Waals surface area contributed by atoms with Gasteiger partial charge in [0.1, 0.15) is 0 Å². The Hall–Kier alpha value is -2.04. The molecular weight excluding hydrogens is 312 g/mol. The fourth-order valence-corrected chi connectivity index (χ4v) is 3.08. The third-order valence-electron chi connectivity index (χ3n) is 4.58. The maximum Gasteiger partial charge on any atom is 0.223 e. The molecule has 0 radical (unpaired) electrons. The van der Waals surface area contributed by atoms with Crippen molar-refractivity contribution in [2.24, 2.45) is 10.9 Å². The summed E-state index contributed by atoms with van der Waals surface area (Å²) in [7, 11) is 0. The van der Waals surface area contributed by atoms with Gasteiger partial charge in [-0.25, -0.2) is 4.99 Å². The molecule has 0 unspecified atom stereocenters. The second-order valence-electron chi connectivity index (χ2n) is 6.73. The molecule has 5 nitrogen and oxygen atoms in total. The van der Waals surface area contributed by atoms with Crippen LogP contribution in [0.4, 0.5) is 0 Å². The van der Waals surface area contributed by atoms with Crippen molar-refractivity contribution in [3.8, 4) is 0 Å². The van der Waals surface area contributed by atoms with E-state index in [0.717, 1.165) is 25.3 Å². The minimum atomic E-state index is 0.211. The van der Waals surface area contributed by atoms with Crippen molar-refractivity contribution in [1.29, 1.82) is 0 Å². The second kappa shape index (κ2) is 10.7. The van der Waals surface area contributed by atoms with E-state index in [1.807, 2.05) is 6.92 Å². The molecule has 0 aromatic heterocycles. The molecular formula is C20H32N4O. The summed E-state index contributed by atoms with van der Waals surface area (Å²) >= 11 is 0. The Bertz CT molecular complexity index is 547. The van der Waals surface area contributed by atoms with Crippen molar-refractivity contribution in [2.75, 3.05) is 19.6 Å². The molecule has 0 saturated heterocycles. The number of hydrogen-bond donors (Lipinski definition) is 3. The van der Waals surface area contributed by atoms with Crippen LogP contribution in [0.15, 0.2) is 29.3 Å². The lowest BCUT2D eigenvalue weighted by Gasteiger charge is -2.21. The van der Waals surface area contributed by atoms with E-state index in [9.17, 15) is 4.79 Å². The van der Waals surface area contributed by atoms with E-state index >= 15 is 0 Å². The summed E-state index contributed by atoms with van der Waals surface area (Å²) in [4.78, 5) is 16.7. The third-order valence-corrected chi connectivity index (χ3v) is 4.58. The maximum absolute atomic E-state index is 12.1. The molecule has 0 bridgehead atoms. The third kappa shape index (κ3) is 7.16. The highest BCUT2D eigenvalue weighted by molar-refractivity contribution is 5.80. The quantitative estimate of drug-likeness (QED) is 0.405. The number of rotatable bonds is 7. The summed E-state index contributed by atoms with van der Waals surface area (Å²) in [6.45, 7) is 6.90. The summed E-state index contributed by atoms with van der Waals surface area (Å²) in [5.41, 5.74) is 2.44. The van der Waals surface area contributed by atoms with Gasteiger partial charge in [0.25, 0.3) is 0 Å². The summed E-state index contributed by atoms with van der Waals surface area (Å²) in [5, 5.41) is 9.57. The van der Waals surface area contributed by atoms with Crippen LogP contribution in [-0.4, -0.2) is 31.5 Å². The predicted octanol–water partition coefficient (Wildman–Crippen LogP) is 2.75. The molecule has 1 aromatic carbocycles. The first-order chi connectivity index (χ1) is 12.2. The fourth-order valence-electron chi connectivity index (χ4n) is 3.08. The lowest BCUT2D eigenvalue weighted by molar-refractivity contribution is -0.125. The molecule has 0 atom stereocenters. The largest absolute Gasteiger partial charge is 0.357 e. The Kier molecular flexibility index (Phi) is 8.29. The van der Waals surface area contributed by atoms with Gasteiger partial charge in [0, 0.05) is 25.6 Å². The highest BCUT2D eigenvalue weighted by Crippen LogP contribution is 2.23. The van der Waals surface area contributed by atoms with E-state index in [0.29, 0.717) is 19.6 Å². The Labute approximate surface area is 151 Å². The van der Waals surface area contributed by atoms with Gasteiger partial charge in [0.05, 0.1) is 6.54 Å². The molecule has 1 amide bonds. The summed E-state index contributed by atoms with van der Waals surface area (Å²) < 4.78 is 0. The zero-order chi connectivity index (χ0) is 17.9. The van der Waals surface area contributed by atoms with Crippen LogP contribution in [-0.2, 0) is 11.3 Å². The second-order valence-corrected chi connectivity index (χ2v) is 6.73. The Morgan fingerprint density at radius 2 is 1.72 bits per heavy atom. The number of hydrogen-bond acceptors (Lipinski definition) is 2. The zero-order valence-corrected chi connectivity index (χ0v) is 15.6. The van der Waals surface area contributed by atoms with Crippen molar-refractivity contribution in [3.05, 3.63) is 35.4 Å². The Morgan fingerprint density at radius 3 is 2.40 bits per heavy atom. The van der Waals surface area contributed by atoms with Crippen LogP contribution in [0.1, 0.15) is 50.2 Å². The van der Waals surface area contributed by atoms with Gasteiger partial charge >= 0.3 is 0 Å². The lowest BCUT2D eigenvalue weighted by atomic mass is 9.89. The molecule has 0 spiro atoms. The van der Waals surface area contributed by atoms with Crippen LogP contribution in [0.25, 0.3) is 0 Å². The first-order valence-corrected chi connectivity index (χ1v) is 9.54. The maximum atomic E-state index is 12.1. The highest BCUT2D eigenvalue weighted by Gasteiger charge is 2.20. The molecule has 3 N–H and O–H groups in total. The van der Waals surface area contributed by atoms with Crippen molar-refractivity contribution in [3.63, 3.8) is 0 Å². The van der Waals surface area contributed by atoms with Gasteiger partial charge in [-0.05, 0) is 32.3 Å². The van der Waals surface area contributed by atoms with E-state index in [1.165, 1.54) is 30.4 Å². The Balaban J connectivity index is 1.72. The number of nitrogens with one attached hydrogen (secondary N) is 3. The van der Waals surface area contributed by atoms with Crippen LogP contribution in [0.3, 0.4) is 0 Å². The molecule has 2 rings (SSSR count). The van der Waals surface area contributed by atoms with Crippen molar-refractivity contribution in [2.45, 2.75) is 52.5 Å². The van der Waals surface area contributed by atoms with Gasteiger partial charge in [-0.15, -0.1) is 0 Å².